The summed E-state index contributed by atoms with van der Waals surface area (Å²) in [6, 6.07) is 6.70. The summed E-state index contributed by atoms with van der Waals surface area (Å²) < 4.78 is 5.65. The molecule has 2 spiro atoms. The van der Waals surface area contributed by atoms with Crippen molar-refractivity contribution in [2.75, 3.05) is 7.11 Å². The second-order valence-electron chi connectivity index (χ2n) is 9.18. The molecular weight excluding hydrogens is 334 g/mol. The number of Topliss-reactive ketones (excluding diaryl/α,β-unsaturated/α-hetero) is 1. The Kier molecular flexibility index (Phi) is 4.57. The standard InChI is InChI=1S/C24H33NO2/c1-6-20-16(3)17(4)25-24(22(20)26)21-13-15(2)7-8-18(21)14-23(24)11-9-19(27-5)10-12-23/h7-8,13,16,19-20H,6,9-12,14H2,1-5H3. The number of nitrogens with zero attached hydrogens (tertiary/aromatic N) is 1. The smallest absolute Gasteiger partial charge is 0.169 e. The summed E-state index contributed by atoms with van der Waals surface area (Å²) in [5.41, 5.74) is 4.17. The van der Waals surface area contributed by atoms with Crippen LogP contribution >= 0.6 is 0 Å². The molecular formula is C24H33NO2. The molecule has 0 amide bonds. The van der Waals surface area contributed by atoms with Crippen LogP contribution in [0.2, 0.25) is 0 Å². The maximum absolute atomic E-state index is 14.1. The Morgan fingerprint density at radius 3 is 2.56 bits per heavy atom. The number of carbonyl (C=O) groups is 1. The monoisotopic (exact) mass is 367 g/mol. The topological polar surface area (TPSA) is 38.7 Å². The van der Waals surface area contributed by atoms with Crippen LogP contribution in [-0.4, -0.2) is 24.7 Å². The SMILES string of the molecule is CCC1C(=O)C2(N=C(C)C1C)c1cc(C)ccc1CC21CCC(OC)CC1. The fourth-order valence-corrected chi connectivity index (χ4v) is 6.20. The lowest BCUT2D eigenvalue weighted by Gasteiger charge is -2.50. The zero-order valence-electron chi connectivity index (χ0n) is 17.5. The highest BCUT2D eigenvalue weighted by Gasteiger charge is 2.65. The maximum atomic E-state index is 14.1. The lowest BCUT2D eigenvalue weighted by atomic mass is 9.56. The first kappa shape index (κ1) is 18.9. The van der Waals surface area contributed by atoms with Gasteiger partial charge in [0, 0.05) is 30.1 Å². The summed E-state index contributed by atoms with van der Waals surface area (Å²) in [5, 5.41) is 0. The van der Waals surface area contributed by atoms with Gasteiger partial charge in [0.25, 0.3) is 0 Å². The van der Waals surface area contributed by atoms with Crippen molar-refractivity contribution >= 4 is 11.5 Å². The number of ether oxygens (including phenoxy) is 1. The Morgan fingerprint density at radius 1 is 1.22 bits per heavy atom. The van der Waals surface area contributed by atoms with E-state index >= 15 is 0 Å². The maximum Gasteiger partial charge on any atom is 0.169 e. The van der Waals surface area contributed by atoms with Crippen LogP contribution in [0.1, 0.15) is 69.6 Å². The van der Waals surface area contributed by atoms with E-state index in [9.17, 15) is 4.79 Å². The van der Waals surface area contributed by atoms with Gasteiger partial charge < -0.3 is 4.74 Å². The molecule has 1 saturated carbocycles. The molecule has 0 N–H and O–H groups in total. The molecule has 27 heavy (non-hydrogen) atoms. The number of hydrogen-bond acceptors (Lipinski definition) is 3. The van der Waals surface area contributed by atoms with E-state index in [4.69, 9.17) is 9.73 Å². The normalized spacial score (nSPS) is 38.3. The Morgan fingerprint density at radius 2 is 1.93 bits per heavy atom. The Labute approximate surface area is 163 Å². The molecule has 2 aliphatic carbocycles. The van der Waals surface area contributed by atoms with Gasteiger partial charge in [-0.05, 0) is 63.5 Å². The van der Waals surface area contributed by atoms with E-state index in [0.29, 0.717) is 11.9 Å². The number of hydrogen-bond donors (Lipinski definition) is 0. The number of methoxy groups -OCH3 is 1. The predicted molar refractivity (Wildman–Crippen MR) is 109 cm³/mol. The van der Waals surface area contributed by atoms with Crippen molar-refractivity contribution in [1.82, 2.24) is 0 Å². The van der Waals surface area contributed by atoms with Gasteiger partial charge in [0.2, 0.25) is 0 Å². The Hall–Kier alpha value is -1.48. The average molecular weight is 368 g/mol. The van der Waals surface area contributed by atoms with Crippen LogP contribution in [0.5, 0.6) is 0 Å². The quantitative estimate of drug-likeness (QED) is 0.735. The van der Waals surface area contributed by atoms with Crippen LogP contribution in [0.3, 0.4) is 0 Å². The van der Waals surface area contributed by atoms with Crippen LogP contribution in [0.4, 0.5) is 0 Å². The number of carbonyl (C=O) groups excluding carboxylic acids is 1. The highest BCUT2D eigenvalue weighted by Crippen LogP contribution is 2.62. The third-order valence-corrected chi connectivity index (χ3v) is 7.91. The van der Waals surface area contributed by atoms with Gasteiger partial charge in [0.1, 0.15) is 5.54 Å². The first-order valence-corrected chi connectivity index (χ1v) is 10.6. The summed E-state index contributed by atoms with van der Waals surface area (Å²) in [6.07, 6.45) is 6.29. The van der Waals surface area contributed by atoms with E-state index in [0.717, 1.165) is 44.2 Å². The number of aryl methyl sites for hydroxylation is 1. The van der Waals surface area contributed by atoms with Gasteiger partial charge in [0.05, 0.1) is 6.10 Å². The Balaban J connectivity index is 1.93. The van der Waals surface area contributed by atoms with Crippen molar-refractivity contribution < 1.29 is 9.53 Å². The largest absolute Gasteiger partial charge is 0.381 e. The molecule has 1 aliphatic heterocycles. The van der Waals surface area contributed by atoms with Gasteiger partial charge in [-0.1, -0.05) is 37.6 Å². The summed E-state index contributed by atoms with van der Waals surface area (Å²) in [5.74, 6) is 0.698. The van der Waals surface area contributed by atoms with Crippen molar-refractivity contribution in [3.05, 3.63) is 34.9 Å². The fraction of sp³-hybridized carbons (Fsp3) is 0.667. The summed E-state index contributed by atoms with van der Waals surface area (Å²) in [7, 11) is 1.81. The predicted octanol–water partition coefficient (Wildman–Crippen LogP) is 5.03. The van der Waals surface area contributed by atoms with Crippen molar-refractivity contribution in [3.8, 4) is 0 Å². The molecule has 146 valence electrons. The zero-order valence-corrected chi connectivity index (χ0v) is 17.5. The number of ketones is 1. The van der Waals surface area contributed by atoms with Crippen molar-refractivity contribution in [2.24, 2.45) is 22.2 Å². The third kappa shape index (κ3) is 2.50. The number of aliphatic imine (C=N–C) groups is 1. The third-order valence-electron chi connectivity index (χ3n) is 7.91. The molecule has 0 bridgehead atoms. The minimum atomic E-state index is -0.676. The minimum Gasteiger partial charge on any atom is -0.381 e. The summed E-state index contributed by atoms with van der Waals surface area (Å²) in [6.45, 7) is 8.61. The lowest BCUT2D eigenvalue weighted by Crippen LogP contribution is -2.56. The van der Waals surface area contributed by atoms with Crippen LogP contribution in [0.25, 0.3) is 0 Å². The highest BCUT2D eigenvalue weighted by atomic mass is 16.5. The summed E-state index contributed by atoms with van der Waals surface area (Å²) in [4.78, 5) is 19.4. The molecule has 1 aromatic rings. The average Bonchev–Trinajstić information content (AvgIpc) is 2.91. The number of benzene rings is 1. The van der Waals surface area contributed by atoms with Crippen LogP contribution < -0.4 is 0 Å². The molecule has 1 aromatic carbocycles. The molecule has 3 atom stereocenters. The molecule has 3 unspecified atom stereocenters. The molecule has 0 saturated heterocycles. The van der Waals surface area contributed by atoms with Crippen LogP contribution in [-0.2, 0) is 21.5 Å². The fourth-order valence-electron chi connectivity index (χ4n) is 6.20. The molecule has 1 heterocycles. The van der Waals surface area contributed by atoms with E-state index in [2.05, 4.69) is 45.9 Å². The van der Waals surface area contributed by atoms with Gasteiger partial charge in [-0.25, -0.2) is 0 Å². The van der Waals surface area contributed by atoms with Gasteiger partial charge in [-0.15, -0.1) is 0 Å². The van der Waals surface area contributed by atoms with E-state index < -0.39 is 5.54 Å². The van der Waals surface area contributed by atoms with Crippen molar-refractivity contribution in [1.29, 1.82) is 0 Å². The first-order chi connectivity index (χ1) is 12.9. The zero-order chi connectivity index (χ0) is 19.4. The van der Waals surface area contributed by atoms with Crippen molar-refractivity contribution in [3.63, 3.8) is 0 Å². The molecule has 3 heteroatoms. The lowest BCUT2D eigenvalue weighted by molar-refractivity contribution is -0.137. The van der Waals surface area contributed by atoms with Gasteiger partial charge >= 0.3 is 0 Å². The molecule has 3 nitrogen and oxygen atoms in total. The van der Waals surface area contributed by atoms with E-state index in [1.165, 1.54) is 16.7 Å². The number of rotatable bonds is 2. The second-order valence-corrected chi connectivity index (χ2v) is 9.18. The van der Waals surface area contributed by atoms with Crippen LogP contribution in [0.15, 0.2) is 23.2 Å². The molecule has 0 radical (unpaired) electrons. The molecule has 3 aliphatic rings. The molecule has 0 aromatic heterocycles. The van der Waals surface area contributed by atoms with E-state index in [1.54, 1.807) is 0 Å². The van der Waals surface area contributed by atoms with Gasteiger partial charge in [0.15, 0.2) is 5.78 Å². The van der Waals surface area contributed by atoms with E-state index in [-0.39, 0.29) is 17.3 Å². The molecule has 1 fully saturated rings. The van der Waals surface area contributed by atoms with Crippen molar-refractivity contribution in [2.45, 2.75) is 77.9 Å². The van der Waals surface area contributed by atoms with Crippen LogP contribution in [0, 0.1) is 24.2 Å². The molecule has 4 rings (SSSR count). The first-order valence-electron chi connectivity index (χ1n) is 10.6. The summed E-state index contributed by atoms with van der Waals surface area (Å²) >= 11 is 0. The van der Waals surface area contributed by atoms with Gasteiger partial charge in [-0.2, -0.15) is 0 Å². The number of fused-ring (bicyclic) bond motifs is 3. The van der Waals surface area contributed by atoms with E-state index in [1.807, 2.05) is 7.11 Å². The minimum absolute atomic E-state index is 0.0750. The Bertz CT molecular complexity index is 788. The van der Waals surface area contributed by atoms with Gasteiger partial charge in [-0.3, -0.25) is 9.79 Å². The highest BCUT2D eigenvalue weighted by molar-refractivity contribution is 6.03. The second kappa shape index (κ2) is 6.55.